The van der Waals surface area contributed by atoms with Crippen LogP contribution in [0.5, 0.6) is 69.0 Å². The van der Waals surface area contributed by atoms with Crippen LogP contribution in [-0.4, -0.2) is 254 Å². The van der Waals surface area contributed by atoms with Gasteiger partial charge in [0.2, 0.25) is 65.6 Å². The van der Waals surface area contributed by atoms with Gasteiger partial charge in [-0.05, 0) is 125 Å². The maximum absolute atomic E-state index is 17.3. The second-order valence-corrected chi connectivity index (χ2v) is 35.2. The van der Waals surface area contributed by atoms with Gasteiger partial charge in [-0.15, -0.1) is 0 Å². The van der Waals surface area contributed by atoms with E-state index in [1.165, 1.54) is 42.7 Å². The van der Waals surface area contributed by atoms with Crippen LogP contribution in [0.25, 0.3) is 22.3 Å². The maximum Gasteiger partial charge on any atom is 0.330 e. The minimum absolute atomic E-state index is 0.00737. The first-order valence-corrected chi connectivity index (χ1v) is 44.3. The van der Waals surface area contributed by atoms with Crippen molar-refractivity contribution in [1.82, 2.24) is 42.5 Å². The van der Waals surface area contributed by atoms with Gasteiger partial charge in [0.1, 0.15) is 156 Å². The van der Waals surface area contributed by atoms with E-state index in [2.05, 4.69) is 56.4 Å². The number of aliphatic hydroxyl groups excluding tert-OH is 10. The van der Waals surface area contributed by atoms with Gasteiger partial charge < -0.3 is 172 Å². The predicted octanol–water partition coefficient (Wildman–Crippen LogP) is 2.28. The normalized spacial score (nSPS) is 28.3. The Morgan fingerprint density at radius 1 is 0.511 bits per heavy atom. The fourth-order valence-electron chi connectivity index (χ4n) is 17.3. The molecule has 8 aromatic rings. The summed E-state index contributed by atoms with van der Waals surface area (Å²) in [6.45, 7) is 1.94. The van der Waals surface area contributed by atoms with Crippen molar-refractivity contribution in [2.24, 2.45) is 11.7 Å². The van der Waals surface area contributed by atoms with Crippen molar-refractivity contribution in [1.29, 1.82) is 0 Å². The van der Waals surface area contributed by atoms with Gasteiger partial charge in [0.25, 0.3) is 0 Å². The highest BCUT2D eigenvalue weighted by Crippen LogP contribution is 2.52. The zero-order valence-corrected chi connectivity index (χ0v) is 74.4. The van der Waals surface area contributed by atoms with E-state index in [1.807, 2.05) is 0 Å². The van der Waals surface area contributed by atoms with E-state index in [-0.39, 0.29) is 45.2 Å². The second-order valence-electron chi connectivity index (χ2n) is 34.3. The van der Waals surface area contributed by atoms with Gasteiger partial charge in [0, 0.05) is 59.7 Å². The fraction of sp³-hybridized carbons (Fsp3) is 0.402. The van der Waals surface area contributed by atoms with E-state index in [4.69, 9.17) is 76.0 Å². The van der Waals surface area contributed by atoms with Gasteiger partial charge in [-0.2, -0.15) is 0 Å². The molecule has 9 aliphatic rings. The Bertz CT molecular complexity index is 5920. The first-order valence-electron chi connectivity index (χ1n) is 43.5. The van der Waals surface area contributed by atoms with Crippen LogP contribution in [0.3, 0.4) is 0 Å². The number of furan rings is 1. The van der Waals surface area contributed by atoms with Crippen LogP contribution >= 0.6 is 23.2 Å². The van der Waals surface area contributed by atoms with Crippen molar-refractivity contribution in [2.75, 3.05) is 19.8 Å². The summed E-state index contributed by atoms with van der Waals surface area (Å²) in [5.74, 6) is -19.6. The number of nitrogens with two attached hydrogens (primary N) is 1. The number of hydrogen-bond acceptors (Lipinski definition) is 34. The molecule has 43 nitrogen and oxygen atoms in total. The molecule has 23 atom stereocenters. The highest BCUT2D eigenvalue weighted by atomic mass is 35.5. The number of carboxylic acids is 1. The number of carboxylic acid groups (broad SMARTS) is 1. The average Bonchev–Trinajstić information content (AvgIpc) is 1.73. The topological polar surface area (TPSA) is 676 Å². The van der Waals surface area contributed by atoms with Crippen LogP contribution in [0.4, 0.5) is 0 Å². The molecule has 0 radical (unpaired) electrons. The number of phenols is 4. The largest absolute Gasteiger partial charge is 0.508 e. The number of nitrogens with one attached hydrogen (secondary N) is 8. The molecule has 0 spiro atoms. The zero-order valence-electron chi connectivity index (χ0n) is 72.9. The first kappa shape index (κ1) is 98.7. The second kappa shape index (κ2) is 41.7. The van der Waals surface area contributed by atoms with E-state index in [0.29, 0.717) is 18.8 Å². The highest BCUT2D eigenvalue weighted by molar-refractivity contribution is 6.32. The number of carbonyl (C=O) groups is 9. The van der Waals surface area contributed by atoms with Crippen LogP contribution in [0.1, 0.15) is 135 Å². The van der Waals surface area contributed by atoms with Crippen molar-refractivity contribution in [3.05, 3.63) is 177 Å². The molecule has 0 unspecified atom stereocenters. The number of ether oxygens (including phenoxy) is 9. The Morgan fingerprint density at radius 2 is 1.10 bits per heavy atom. The number of aliphatic hydroxyl groups is 10. The summed E-state index contributed by atoms with van der Waals surface area (Å²) in [4.78, 5) is 140. The van der Waals surface area contributed by atoms with E-state index in [9.17, 15) is 95.8 Å². The third kappa shape index (κ3) is 21.1. The van der Waals surface area contributed by atoms with Crippen LogP contribution in [0.2, 0.25) is 10.0 Å². The van der Waals surface area contributed by atoms with E-state index in [0.717, 1.165) is 111 Å². The summed E-state index contributed by atoms with van der Waals surface area (Å²) < 4.78 is 63.4. The molecular weight excluding hydrogens is 1850 g/mol. The summed E-state index contributed by atoms with van der Waals surface area (Å²) >= 11 is 14.8. The Labute approximate surface area is 787 Å². The number of aliphatic carboxylic acids is 1. The fourth-order valence-corrected chi connectivity index (χ4v) is 17.7. The number of benzene rings is 7. The molecule has 45 heteroatoms. The van der Waals surface area contributed by atoms with Crippen molar-refractivity contribution in [2.45, 2.75) is 206 Å². The Morgan fingerprint density at radius 3 is 1.74 bits per heavy atom. The molecule has 7 aromatic carbocycles. The number of carbonyl (C=O) groups excluding carboxylic acids is 8. The Hall–Kier alpha value is -12.8. The van der Waals surface area contributed by atoms with Gasteiger partial charge in [-0.25, -0.2) is 4.79 Å². The number of phenolic OH excluding ortho intramolecular Hbond substituents is 4. The van der Waals surface area contributed by atoms with Crippen LogP contribution in [-0.2, 0) is 68.5 Å². The van der Waals surface area contributed by atoms with Crippen molar-refractivity contribution in [3.8, 4) is 91.2 Å². The molecule has 17 rings (SSSR count). The van der Waals surface area contributed by atoms with Crippen molar-refractivity contribution >= 4 is 76.4 Å². The third-order valence-electron chi connectivity index (χ3n) is 24.4. The van der Waals surface area contributed by atoms with Gasteiger partial charge in [0.15, 0.2) is 35.3 Å². The molecule has 9 aliphatic heterocycles. The van der Waals surface area contributed by atoms with Gasteiger partial charge in [-0.1, -0.05) is 87.0 Å². The lowest BCUT2D eigenvalue weighted by Gasteiger charge is -2.44. The summed E-state index contributed by atoms with van der Waals surface area (Å²) in [6.07, 6.45) is -23.9. The average molecular weight is 1950 g/mol. The molecule has 25 N–H and O–H groups in total. The highest BCUT2D eigenvalue weighted by Gasteiger charge is 2.53. The monoisotopic (exact) mass is 1940 g/mol. The lowest BCUT2D eigenvalue weighted by atomic mass is 9.89. The first-order chi connectivity index (χ1) is 65.4. The summed E-state index contributed by atoms with van der Waals surface area (Å²) in [5, 5.41) is 192. The standard InChI is InChI=1S/C92H99Cl2N9O34/c1-35(2)8-6-4-5-7-9-63(112)98-72-78(117)75(114)61(32-105)134-91(72)137-82-58-25-42-26-59(82)131-55-17-13-40(23-49(55)94)81(136-90-71(96-36(3)107)77(116)74(113)60(31-104)133-90)73-88(125)102-70(89(126)127)46-27-43(108)28-57(132-92-80(119)79(118)76(115)62(33-106)135-92)65(46)45-22-39(12-14-51(45)109)67(85(122)103-73)99-86(123)68(42)100-87(124)69-47-29-44(30-53(111)64(47)41-18-19-128-34-41)129-56-24-38(11-15-52(56)110)66(95)84(121)97-50(83(120)101-69)21-37-10-16-54(130-58)48(93)20-37/h10-20,22-30,34-35,50,60-62,66-81,90-92,104-106,108-111,113-119H,4-9,21,31-33,95H2,1-3H3,(H,96,107)(H,97,121)(H,98,112)(H,99,123)(H,100,124)(H,101,120)(H,102,125)(H,103,122)(H,126,127)/t50-,60-,61-,62-,66-,67-,68-,69+,70+,71-,72-,73+,74-,75-,76-,77-,78-,79+,80+,81-,90+,91+,92+/m1/s1. The molecule has 17 bridgehead atoms. The van der Waals surface area contributed by atoms with E-state index in [1.54, 1.807) is 0 Å². The number of unbranched alkanes of at least 4 members (excludes halogenated alkanes) is 3. The lowest BCUT2D eigenvalue weighted by Crippen LogP contribution is -2.65. The van der Waals surface area contributed by atoms with Gasteiger partial charge in [-0.3, -0.25) is 38.4 Å². The molecule has 3 fully saturated rings. The molecule has 137 heavy (non-hydrogen) atoms. The van der Waals surface area contributed by atoms with Crippen LogP contribution < -0.4 is 72.0 Å². The minimum Gasteiger partial charge on any atom is -0.508 e. The molecule has 10 heterocycles. The van der Waals surface area contributed by atoms with Crippen molar-refractivity contribution in [3.63, 3.8) is 0 Å². The molecule has 3 saturated heterocycles. The van der Waals surface area contributed by atoms with Gasteiger partial charge >= 0.3 is 5.97 Å². The number of aromatic hydroxyl groups is 4. The third-order valence-corrected chi connectivity index (χ3v) is 25.0. The van der Waals surface area contributed by atoms with E-state index >= 15 is 24.0 Å². The number of hydrogen-bond donors (Lipinski definition) is 24. The number of amides is 8. The minimum atomic E-state index is -2.61. The molecular formula is C92H99Cl2N9O34. The number of fused-ring (bicyclic) bond motifs is 14. The quantitative estimate of drug-likeness (QED) is 0.0487. The smallest absolute Gasteiger partial charge is 0.330 e. The summed E-state index contributed by atoms with van der Waals surface area (Å²) in [6, 6.07) is 0.663. The molecule has 1 aromatic heterocycles. The predicted molar refractivity (Wildman–Crippen MR) is 471 cm³/mol. The molecule has 0 saturated carbocycles. The lowest BCUT2D eigenvalue weighted by molar-refractivity contribution is -0.284. The van der Waals surface area contributed by atoms with Gasteiger partial charge in [0.05, 0.1) is 42.4 Å². The summed E-state index contributed by atoms with van der Waals surface area (Å²) in [5.41, 5.74) is 2.38. The SMILES string of the molecule is CC(=O)N[C@H]1[C@H](O[C@@H]2c3ccc(c(Cl)c3)Oc3cc4cc(c3O[C@@H]3O[C@H](CO)[C@@H](O)[C@H](O)[C@H]3NC(=O)CCCCCCC(C)C)Oc3ccc(cc3Cl)C[C@H]3NC(=O)[C@H](N)c5ccc(O)c(c5)Oc5cc(O)c(-c6ccoc6)c(c5)[C@H](NC3=O)C(=O)N[C@H]4C(=O)N[C@H]3C(=O)N[C@@H]2C(=O)N[C@H](C(=O)O)c2cc(O)cc(O[C@H]4O[C@H](CO)[C@@H](O)[C@H](O)[C@@H]4O)c2-c2cc3ccc2O)O[C@H](CO)[C@@H](O)[C@@H]1O. The van der Waals surface area contributed by atoms with E-state index < -0.39 is 321 Å². The maximum atomic E-state index is 17.3. The van der Waals surface area contributed by atoms with Crippen LogP contribution in [0.15, 0.2) is 132 Å². The molecule has 730 valence electrons. The summed E-state index contributed by atoms with van der Waals surface area (Å²) in [7, 11) is 0. The van der Waals surface area contributed by atoms with Crippen LogP contribution in [0, 0.1) is 5.92 Å². The number of halogens is 2. The Kier molecular flexibility index (Phi) is 30.0. The zero-order chi connectivity index (χ0) is 98.1. The number of rotatable bonds is 20. The Balaban J connectivity index is 1.01. The van der Waals surface area contributed by atoms with Crippen molar-refractivity contribution < 1.29 is 167 Å². The molecule has 0 aliphatic carbocycles. The molecule has 8 amide bonds.